The zero-order valence-electron chi connectivity index (χ0n) is 10.2. The van der Waals surface area contributed by atoms with E-state index in [-0.39, 0.29) is 10.9 Å². The number of thiocarbonyl (C=S) groups is 1. The van der Waals surface area contributed by atoms with Crippen molar-refractivity contribution in [2.45, 2.75) is 6.42 Å². The summed E-state index contributed by atoms with van der Waals surface area (Å²) < 4.78 is 0. The van der Waals surface area contributed by atoms with Crippen LogP contribution in [0.3, 0.4) is 0 Å². The molecular weight excluding hydrogens is 260 g/mol. The molecule has 1 unspecified atom stereocenters. The summed E-state index contributed by atoms with van der Waals surface area (Å²) in [6.45, 7) is 0. The standard InChI is InChI=1S/C13H14N4OS/c14-12(19)11(6-9-4-2-1-3-5-9)13(18)17-10-7-15-16-8-10/h1-5,7-8,11H,6H2,(H2,14,19)(H,15,16)(H,17,18). The van der Waals surface area contributed by atoms with Crippen LogP contribution in [-0.4, -0.2) is 21.1 Å². The minimum absolute atomic E-state index is 0.185. The van der Waals surface area contributed by atoms with Gasteiger partial charge in [0, 0.05) is 6.20 Å². The van der Waals surface area contributed by atoms with Gasteiger partial charge in [-0.1, -0.05) is 42.5 Å². The summed E-state index contributed by atoms with van der Waals surface area (Å²) in [5.74, 6) is -0.759. The molecule has 1 amide bonds. The van der Waals surface area contributed by atoms with Gasteiger partial charge < -0.3 is 11.1 Å². The molecule has 1 aromatic carbocycles. The number of nitrogens with one attached hydrogen (secondary N) is 2. The first kappa shape index (κ1) is 13.2. The Morgan fingerprint density at radius 1 is 1.42 bits per heavy atom. The monoisotopic (exact) mass is 274 g/mol. The van der Waals surface area contributed by atoms with E-state index < -0.39 is 5.92 Å². The van der Waals surface area contributed by atoms with Crippen molar-refractivity contribution >= 4 is 28.8 Å². The summed E-state index contributed by atoms with van der Waals surface area (Å²) in [4.78, 5) is 12.3. The fraction of sp³-hybridized carbons (Fsp3) is 0.154. The van der Waals surface area contributed by atoms with Crippen LogP contribution in [-0.2, 0) is 11.2 Å². The summed E-state index contributed by atoms with van der Waals surface area (Å²) in [5.41, 5.74) is 7.27. The second-order valence-corrected chi connectivity index (χ2v) is 4.59. The highest BCUT2D eigenvalue weighted by Crippen LogP contribution is 2.12. The average Bonchev–Trinajstić information content (AvgIpc) is 2.89. The number of anilines is 1. The van der Waals surface area contributed by atoms with E-state index >= 15 is 0 Å². The van der Waals surface area contributed by atoms with Gasteiger partial charge >= 0.3 is 0 Å². The lowest BCUT2D eigenvalue weighted by Gasteiger charge is -2.14. The lowest BCUT2D eigenvalue weighted by molar-refractivity contribution is -0.118. The molecule has 0 aliphatic rings. The number of benzene rings is 1. The first-order valence-electron chi connectivity index (χ1n) is 5.79. The third-order valence-electron chi connectivity index (χ3n) is 2.71. The van der Waals surface area contributed by atoms with Crippen LogP contribution in [0.25, 0.3) is 0 Å². The second-order valence-electron chi connectivity index (χ2n) is 4.12. The van der Waals surface area contributed by atoms with Gasteiger partial charge in [-0.05, 0) is 12.0 Å². The summed E-state index contributed by atoms with van der Waals surface area (Å²) in [6.07, 6.45) is 3.61. The molecule has 0 spiro atoms. The molecule has 1 atom stereocenters. The minimum atomic E-state index is -0.535. The first-order valence-corrected chi connectivity index (χ1v) is 6.20. The van der Waals surface area contributed by atoms with Gasteiger partial charge in [-0.2, -0.15) is 5.10 Å². The molecular formula is C13H14N4OS. The van der Waals surface area contributed by atoms with E-state index in [1.54, 1.807) is 6.20 Å². The number of aromatic nitrogens is 2. The second kappa shape index (κ2) is 6.10. The summed E-state index contributed by atoms with van der Waals surface area (Å²) in [6, 6.07) is 9.64. The zero-order chi connectivity index (χ0) is 13.7. The van der Waals surface area contributed by atoms with Crippen molar-refractivity contribution < 1.29 is 4.79 Å². The predicted molar refractivity (Wildman–Crippen MR) is 77.6 cm³/mol. The number of hydrogen-bond acceptors (Lipinski definition) is 3. The third kappa shape index (κ3) is 3.62. The predicted octanol–water partition coefficient (Wildman–Crippen LogP) is 1.49. The number of carbonyl (C=O) groups is 1. The van der Waals surface area contributed by atoms with Gasteiger partial charge in [0.15, 0.2) is 0 Å². The smallest absolute Gasteiger partial charge is 0.234 e. The Morgan fingerprint density at radius 2 is 2.16 bits per heavy atom. The third-order valence-corrected chi connectivity index (χ3v) is 2.99. The molecule has 4 N–H and O–H groups in total. The molecule has 98 valence electrons. The van der Waals surface area contributed by atoms with Crippen LogP contribution in [0.5, 0.6) is 0 Å². The van der Waals surface area contributed by atoms with Crippen LogP contribution < -0.4 is 11.1 Å². The quantitative estimate of drug-likeness (QED) is 0.721. The molecule has 6 heteroatoms. The molecule has 0 aliphatic heterocycles. The molecule has 2 aromatic rings. The number of nitrogens with two attached hydrogens (primary N) is 1. The minimum Gasteiger partial charge on any atom is -0.393 e. The van der Waals surface area contributed by atoms with Gasteiger partial charge in [0.2, 0.25) is 5.91 Å². The Labute approximate surface area is 116 Å². The van der Waals surface area contributed by atoms with Gasteiger partial charge in [-0.3, -0.25) is 9.89 Å². The van der Waals surface area contributed by atoms with Crippen molar-refractivity contribution in [1.29, 1.82) is 0 Å². The van der Waals surface area contributed by atoms with Gasteiger partial charge in [-0.15, -0.1) is 0 Å². The maximum atomic E-state index is 12.1. The van der Waals surface area contributed by atoms with Crippen molar-refractivity contribution in [2.75, 3.05) is 5.32 Å². The Hall–Kier alpha value is -2.21. The van der Waals surface area contributed by atoms with Crippen LogP contribution in [0.1, 0.15) is 5.56 Å². The Morgan fingerprint density at radius 3 is 2.74 bits per heavy atom. The van der Waals surface area contributed by atoms with E-state index in [4.69, 9.17) is 18.0 Å². The molecule has 0 saturated heterocycles. The van der Waals surface area contributed by atoms with E-state index in [9.17, 15) is 4.79 Å². The lowest BCUT2D eigenvalue weighted by atomic mass is 9.98. The van der Waals surface area contributed by atoms with Crippen LogP contribution in [0.15, 0.2) is 42.7 Å². The van der Waals surface area contributed by atoms with Crippen molar-refractivity contribution in [3.05, 3.63) is 48.3 Å². The molecule has 0 radical (unpaired) electrons. The number of hydrogen-bond donors (Lipinski definition) is 3. The van der Waals surface area contributed by atoms with Gasteiger partial charge in [-0.25, -0.2) is 0 Å². The number of H-pyrrole nitrogens is 1. The first-order chi connectivity index (χ1) is 9.16. The zero-order valence-corrected chi connectivity index (χ0v) is 11.0. The number of nitrogens with zero attached hydrogens (tertiary/aromatic N) is 1. The van der Waals surface area contributed by atoms with Gasteiger partial charge in [0.1, 0.15) is 0 Å². The molecule has 0 aliphatic carbocycles. The molecule has 1 aromatic heterocycles. The Balaban J connectivity index is 2.07. The lowest BCUT2D eigenvalue weighted by Crippen LogP contribution is -2.34. The van der Waals surface area contributed by atoms with E-state index in [0.717, 1.165) is 5.56 Å². The maximum absolute atomic E-state index is 12.1. The number of carbonyl (C=O) groups excluding carboxylic acids is 1. The van der Waals surface area contributed by atoms with E-state index in [1.807, 2.05) is 30.3 Å². The number of aromatic amines is 1. The Kier molecular flexibility index (Phi) is 4.25. The molecule has 0 saturated carbocycles. The summed E-state index contributed by atoms with van der Waals surface area (Å²) in [7, 11) is 0. The van der Waals surface area contributed by atoms with Crippen LogP contribution in [0.2, 0.25) is 0 Å². The van der Waals surface area contributed by atoms with Crippen LogP contribution >= 0.6 is 12.2 Å². The van der Waals surface area contributed by atoms with Crippen LogP contribution in [0.4, 0.5) is 5.69 Å². The molecule has 0 bridgehead atoms. The molecule has 1 heterocycles. The van der Waals surface area contributed by atoms with Crippen molar-refractivity contribution in [2.24, 2.45) is 11.7 Å². The molecule has 0 fully saturated rings. The Bertz CT molecular complexity index is 553. The average molecular weight is 274 g/mol. The van der Waals surface area contributed by atoms with Crippen molar-refractivity contribution in [3.8, 4) is 0 Å². The maximum Gasteiger partial charge on any atom is 0.234 e. The van der Waals surface area contributed by atoms with Gasteiger partial charge in [0.05, 0.1) is 22.8 Å². The van der Waals surface area contributed by atoms with Crippen molar-refractivity contribution in [3.63, 3.8) is 0 Å². The van der Waals surface area contributed by atoms with E-state index in [2.05, 4.69) is 15.5 Å². The molecule has 5 nitrogen and oxygen atoms in total. The fourth-order valence-electron chi connectivity index (χ4n) is 1.72. The number of amides is 1. The summed E-state index contributed by atoms with van der Waals surface area (Å²) >= 11 is 4.98. The highest BCUT2D eigenvalue weighted by atomic mass is 32.1. The SMILES string of the molecule is NC(=S)C(Cc1ccccc1)C(=O)Nc1cn[nH]c1. The largest absolute Gasteiger partial charge is 0.393 e. The summed E-state index contributed by atoms with van der Waals surface area (Å²) in [5, 5.41) is 9.11. The van der Waals surface area contributed by atoms with Crippen LogP contribution in [0, 0.1) is 5.92 Å². The highest BCUT2D eigenvalue weighted by Gasteiger charge is 2.22. The molecule has 2 rings (SSSR count). The van der Waals surface area contributed by atoms with E-state index in [1.165, 1.54) is 6.20 Å². The van der Waals surface area contributed by atoms with E-state index in [0.29, 0.717) is 12.1 Å². The highest BCUT2D eigenvalue weighted by molar-refractivity contribution is 7.80. The number of rotatable bonds is 5. The van der Waals surface area contributed by atoms with Crippen molar-refractivity contribution in [1.82, 2.24) is 10.2 Å². The topological polar surface area (TPSA) is 83.8 Å². The fourth-order valence-corrected chi connectivity index (χ4v) is 1.91. The molecule has 19 heavy (non-hydrogen) atoms. The van der Waals surface area contributed by atoms with Gasteiger partial charge in [0.25, 0.3) is 0 Å². The normalized spacial score (nSPS) is 11.8.